The Labute approximate surface area is 139 Å². The third kappa shape index (κ3) is 2.16. The highest BCUT2D eigenvalue weighted by molar-refractivity contribution is 5.48. The van der Waals surface area contributed by atoms with Gasteiger partial charge in [0.05, 0.1) is 6.54 Å². The molecule has 0 bridgehead atoms. The van der Waals surface area contributed by atoms with Crippen LogP contribution >= 0.6 is 0 Å². The summed E-state index contributed by atoms with van der Waals surface area (Å²) in [5.74, 6) is 4.57. The molecule has 0 amide bonds. The normalized spacial score (nSPS) is 17.5. The van der Waals surface area contributed by atoms with Crippen molar-refractivity contribution in [2.75, 3.05) is 11.4 Å². The molecule has 0 unspecified atom stereocenters. The lowest BCUT2D eigenvalue weighted by molar-refractivity contribution is 0.536. The number of aryl methyl sites for hydroxylation is 1. The summed E-state index contributed by atoms with van der Waals surface area (Å²) in [5, 5.41) is 13.2. The fourth-order valence-corrected chi connectivity index (χ4v) is 3.47. The van der Waals surface area contributed by atoms with Gasteiger partial charge in [-0.3, -0.25) is 0 Å². The maximum absolute atomic E-state index is 4.59. The summed E-state index contributed by atoms with van der Waals surface area (Å²) >= 11 is 0. The van der Waals surface area contributed by atoms with Crippen LogP contribution in [0, 0.1) is 0 Å². The lowest BCUT2D eigenvalue weighted by Crippen LogP contribution is -2.35. The first-order valence-electron chi connectivity index (χ1n) is 8.70. The Balaban J connectivity index is 1.52. The molecule has 4 heterocycles. The van der Waals surface area contributed by atoms with Crippen LogP contribution in [-0.4, -0.2) is 40.9 Å². The quantitative estimate of drug-likeness (QED) is 0.725. The predicted molar refractivity (Wildman–Crippen MR) is 87.8 cm³/mol. The Morgan fingerprint density at radius 1 is 1.21 bits per heavy atom. The van der Waals surface area contributed by atoms with Gasteiger partial charge in [-0.15, -0.1) is 10.2 Å². The minimum absolute atomic E-state index is 0.636. The molecule has 0 N–H and O–H groups in total. The van der Waals surface area contributed by atoms with E-state index in [1.54, 1.807) is 6.33 Å². The molecule has 1 aliphatic heterocycles. The molecular weight excluding hydrogens is 304 g/mol. The molecule has 124 valence electrons. The van der Waals surface area contributed by atoms with E-state index in [0.29, 0.717) is 11.7 Å². The van der Waals surface area contributed by atoms with Crippen molar-refractivity contribution >= 4 is 11.6 Å². The van der Waals surface area contributed by atoms with Crippen molar-refractivity contribution in [2.45, 2.75) is 51.6 Å². The fraction of sp³-hybridized carbons (Fsp3) is 0.562. The fourth-order valence-electron chi connectivity index (χ4n) is 3.47. The van der Waals surface area contributed by atoms with Gasteiger partial charge in [0.15, 0.2) is 5.82 Å². The van der Waals surface area contributed by atoms with Crippen molar-refractivity contribution in [2.24, 2.45) is 0 Å². The van der Waals surface area contributed by atoms with Gasteiger partial charge < -0.3 is 9.47 Å². The van der Waals surface area contributed by atoms with Crippen molar-refractivity contribution in [1.29, 1.82) is 0 Å². The lowest BCUT2D eigenvalue weighted by atomic mass is 10.2. The SMILES string of the molecule is CCCc1cc(N2CCn3c(nnc3C3CC3)C2)n2ncnc2n1. The van der Waals surface area contributed by atoms with Gasteiger partial charge in [-0.2, -0.15) is 14.6 Å². The molecule has 1 fully saturated rings. The van der Waals surface area contributed by atoms with Crippen LogP contribution in [0.4, 0.5) is 5.82 Å². The third-order valence-electron chi connectivity index (χ3n) is 4.84. The van der Waals surface area contributed by atoms with Crippen LogP contribution in [-0.2, 0) is 19.5 Å². The summed E-state index contributed by atoms with van der Waals surface area (Å²) < 4.78 is 4.13. The monoisotopic (exact) mass is 324 g/mol. The maximum Gasteiger partial charge on any atom is 0.254 e. The Morgan fingerprint density at radius 2 is 2.12 bits per heavy atom. The van der Waals surface area contributed by atoms with E-state index in [4.69, 9.17) is 0 Å². The Kier molecular flexibility index (Phi) is 3.04. The Bertz CT molecular complexity index is 891. The molecular formula is C16H20N8. The van der Waals surface area contributed by atoms with Crippen molar-refractivity contribution in [3.63, 3.8) is 0 Å². The van der Waals surface area contributed by atoms with Crippen LogP contribution in [0.2, 0.25) is 0 Å². The van der Waals surface area contributed by atoms with Crippen LogP contribution in [0.5, 0.6) is 0 Å². The molecule has 8 nitrogen and oxygen atoms in total. The summed E-state index contributed by atoms with van der Waals surface area (Å²) in [7, 11) is 0. The van der Waals surface area contributed by atoms with Crippen LogP contribution in [0.1, 0.15) is 49.4 Å². The van der Waals surface area contributed by atoms with Crippen LogP contribution in [0.3, 0.4) is 0 Å². The van der Waals surface area contributed by atoms with Gasteiger partial charge in [-0.05, 0) is 19.3 Å². The molecule has 0 aromatic carbocycles. The molecule has 1 aliphatic carbocycles. The topological polar surface area (TPSA) is 77.0 Å². The number of fused-ring (bicyclic) bond motifs is 2. The number of anilines is 1. The second-order valence-corrected chi connectivity index (χ2v) is 6.65. The van der Waals surface area contributed by atoms with Gasteiger partial charge in [-0.1, -0.05) is 13.3 Å². The van der Waals surface area contributed by atoms with Crippen molar-refractivity contribution in [1.82, 2.24) is 34.3 Å². The van der Waals surface area contributed by atoms with Gasteiger partial charge in [0.1, 0.15) is 18.0 Å². The number of aromatic nitrogens is 7. The van der Waals surface area contributed by atoms with Gasteiger partial charge >= 0.3 is 0 Å². The van der Waals surface area contributed by atoms with Crippen molar-refractivity contribution < 1.29 is 0 Å². The molecule has 0 atom stereocenters. The first kappa shape index (κ1) is 13.9. The van der Waals surface area contributed by atoms with Gasteiger partial charge in [-0.25, -0.2) is 4.98 Å². The smallest absolute Gasteiger partial charge is 0.254 e. The first-order chi connectivity index (χ1) is 11.8. The minimum atomic E-state index is 0.636. The largest absolute Gasteiger partial charge is 0.347 e. The van der Waals surface area contributed by atoms with Crippen LogP contribution < -0.4 is 4.90 Å². The highest BCUT2D eigenvalue weighted by Gasteiger charge is 2.32. The van der Waals surface area contributed by atoms with Gasteiger partial charge in [0.2, 0.25) is 0 Å². The first-order valence-corrected chi connectivity index (χ1v) is 8.70. The highest BCUT2D eigenvalue weighted by Crippen LogP contribution is 2.39. The average molecular weight is 324 g/mol. The summed E-state index contributed by atoms with van der Waals surface area (Å²) in [4.78, 5) is 11.2. The van der Waals surface area contributed by atoms with E-state index in [1.807, 2.05) is 4.52 Å². The molecule has 1 saturated carbocycles. The summed E-state index contributed by atoms with van der Waals surface area (Å²) in [6.07, 6.45) is 6.10. The molecule has 3 aromatic heterocycles. The zero-order valence-corrected chi connectivity index (χ0v) is 13.8. The van der Waals surface area contributed by atoms with E-state index < -0.39 is 0 Å². The molecule has 2 aliphatic rings. The number of nitrogens with zero attached hydrogens (tertiary/aromatic N) is 8. The molecule has 8 heteroatoms. The summed E-state index contributed by atoms with van der Waals surface area (Å²) in [6, 6.07) is 2.14. The van der Waals surface area contributed by atoms with Gasteiger partial charge in [0, 0.05) is 30.8 Å². The van der Waals surface area contributed by atoms with E-state index in [-0.39, 0.29) is 0 Å². The third-order valence-corrected chi connectivity index (χ3v) is 4.84. The number of hydrogen-bond donors (Lipinski definition) is 0. The second kappa shape index (κ2) is 5.25. The zero-order valence-electron chi connectivity index (χ0n) is 13.8. The van der Waals surface area contributed by atoms with E-state index in [1.165, 1.54) is 18.7 Å². The standard InChI is InChI=1S/C16H20N8/c1-2-3-12-8-14(24-16(19-12)17-10-18-24)22-6-7-23-13(9-22)20-21-15(23)11-4-5-11/h8,10-11H,2-7,9H2,1H3. The van der Waals surface area contributed by atoms with Crippen LogP contribution in [0.15, 0.2) is 12.4 Å². The minimum Gasteiger partial charge on any atom is -0.347 e. The van der Waals surface area contributed by atoms with E-state index in [2.05, 4.69) is 47.7 Å². The summed E-state index contributed by atoms with van der Waals surface area (Å²) in [6.45, 7) is 4.77. The summed E-state index contributed by atoms with van der Waals surface area (Å²) in [5.41, 5.74) is 1.07. The Morgan fingerprint density at radius 3 is 2.96 bits per heavy atom. The molecule has 5 rings (SSSR count). The van der Waals surface area contributed by atoms with Gasteiger partial charge in [0.25, 0.3) is 5.78 Å². The van der Waals surface area contributed by atoms with Crippen molar-refractivity contribution in [3.8, 4) is 0 Å². The van der Waals surface area contributed by atoms with E-state index in [9.17, 15) is 0 Å². The van der Waals surface area contributed by atoms with Crippen molar-refractivity contribution in [3.05, 3.63) is 29.7 Å². The highest BCUT2D eigenvalue weighted by atomic mass is 15.4. The Hall–Kier alpha value is -2.51. The molecule has 24 heavy (non-hydrogen) atoms. The molecule has 0 saturated heterocycles. The van der Waals surface area contributed by atoms with E-state index >= 15 is 0 Å². The average Bonchev–Trinajstić information content (AvgIpc) is 3.18. The predicted octanol–water partition coefficient (Wildman–Crippen LogP) is 1.57. The zero-order chi connectivity index (χ0) is 16.1. The number of hydrogen-bond acceptors (Lipinski definition) is 6. The molecule has 3 aromatic rings. The molecule has 0 spiro atoms. The maximum atomic E-state index is 4.59. The second-order valence-electron chi connectivity index (χ2n) is 6.65. The lowest BCUT2D eigenvalue weighted by Gasteiger charge is -2.29. The van der Waals surface area contributed by atoms with E-state index in [0.717, 1.165) is 49.8 Å². The van der Waals surface area contributed by atoms with Crippen LogP contribution in [0.25, 0.3) is 5.78 Å². The molecule has 0 radical (unpaired) electrons. The number of rotatable bonds is 4.